The van der Waals surface area contributed by atoms with Gasteiger partial charge in [0, 0.05) is 30.8 Å². The van der Waals surface area contributed by atoms with Crippen LogP contribution >= 0.6 is 0 Å². The van der Waals surface area contributed by atoms with Crippen molar-refractivity contribution in [2.75, 3.05) is 41.0 Å². The van der Waals surface area contributed by atoms with Crippen molar-refractivity contribution in [2.45, 2.75) is 6.42 Å². The van der Waals surface area contributed by atoms with Crippen molar-refractivity contribution in [3.05, 3.63) is 17.7 Å². The third kappa shape index (κ3) is 3.78. The van der Waals surface area contributed by atoms with E-state index in [-0.39, 0.29) is 0 Å². The van der Waals surface area contributed by atoms with Gasteiger partial charge in [-0.25, -0.2) is 0 Å². The van der Waals surface area contributed by atoms with Crippen LogP contribution in [0.2, 0.25) is 0 Å². The number of benzene rings is 1. The molecule has 0 aliphatic carbocycles. The topological polar surface area (TPSA) is 65.7 Å². The van der Waals surface area contributed by atoms with Crippen molar-refractivity contribution in [3.63, 3.8) is 0 Å². The molecule has 5 nitrogen and oxygen atoms in total. The Labute approximate surface area is 108 Å². The fourth-order valence-electron chi connectivity index (χ4n) is 1.76. The van der Waals surface area contributed by atoms with Gasteiger partial charge in [0.1, 0.15) is 17.2 Å². The average molecular weight is 254 g/mol. The van der Waals surface area contributed by atoms with E-state index in [0.29, 0.717) is 6.54 Å². The van der Waals surface area contributed by atoms with Crippen molar-refractivity contribution in [2.24, 2.45) is 5.73 Å². The van der Waals surface area contributed by atoms with E-state index in [1.165, 1.54) is 0 Å². The molecule has 0 aromatic heterocycles. The Kier molecular flexibility index (Phi) is 6.32. The highest BCUT2D eigenvalue weighted by atomic mass is 16.5. The number of methoxy groups -OCH3 is 3. The largest absolute Gasteiger partial charge is 0.496 e. The second kappa shape index (κ2) is 7.79. The molecule has 102 valence electrons. The number of hydrogen-bond acceptors (Lipinski definition) is 5. The monoisotopic (exact) mass is 254 g/mol. The van der Waals surface area contributed by atoms with Crippen molar-refractivity contribution in [1.82, 2.24) is 5.32 Å². The first kappa shape index (κ1) is 14.6. The Bertz CT molecular complexity index is 344. The van der Waals surface area contributed by atoms with Gasteiger partial charge in [0.2, 0.25) is 0 Å². The Morgan fingerprint density at radius 2 is 1.61 bits per heavy atom. The summed E-state index contributed by atoms with van der Waals surface area (Å²) in [6.07, 6.45) is 0.816. The van der Waals surface area contributed by atoms with Gasteiger partial charge in [-0.1, -0.05) is 0 Å². The third-order valence-corrected chi connectivity index (χ3v) is 2.69. The van der Waals surface area contributed by atoms with Crippen LogP contribution in [0.4, 0.5) is 0 Å². The molecule has 0 radical (unpaired) electrons. The first-order valence-corrected chi connectivity index (χ1v) is 5.96. The summed E-state index contributed by atoms with van der Waals surface area (Å²) < 4.78 is 16.0. The highest BCUT2D eigenvalue weighted by molar-refractivity contribution is 5.50. The molecule has 18 heavy (non-hydrogen) atoms. The normalized spacial score (nSPS) is 10.2. The average Bonchev–Trinajstić information content (AvgIpc) is 2.42. The molecule has 1 aromatic carbocycles. The lowest BCUT2D eigenvalue weighted by atomic mass is 10.1. The molecule has 0 spiro atoms. The molecule has 0 aliphatic rings. The number of nitrogens with two attached hydrogens (primary N) is 1. The molecule has 3 N–H and O–H groups in total. The summed E-state index contributed by atoms with van der Waals surface area (Å²) in [7, 11) is 4.91. The van der Waals surface area contributed by atoms with Gasteiger partial charge in [0.25, 0.3) is 0 Å². The number of hydrogen-bond donors (Lipinski definition) is 2. The van der Waals surface area contributed by atoms with Crippen LogP contribution in [0.15, 0.2) is 12.1 Å². The fourth-order valence-corrected chi connectivity index (χ4v) is 1.76. The summed E-state index contributed by atoms with van der Waals surface area (Å²) in [6.45, 7) is 2.27. The molecule has 0 saturated heterocycles. The minimum atomic E-state index is 0.636. The van der Waals surface area contributed by atoms with E-state index in [2.05, 4.69) is 5.32 Å². The number of ether oxygens (including phenoxy) is 3. The van der Waals surface area contributed by atoms with Crippen molar-refractivity contribution in [3.8, 4) is 17.2 Å². The summed E-state index contributed by atoms with van der Waals surface area (Å²) in [4.78, 5) is 0. The molecular weight excluding hydrogens is 232 g/mol. The van der Waals surface area contributed by atoms with E-state index in [1.807, 2.05) is 12.1 Å². The fraction of sp³-hybridized carbons (Fsp3) is 0.538. The van der Waals surface area contributed by atoms with Gasteiger partial charge in [0.15, 0.2) is 0 Å². The molecular formula is C13H22N2O3. The molecule has 5 heteroatoms. The van der Waals surface area contributed by atoms with Crippen LogP contribution in [-0.4, -0.2) is 41.0 Å². The van der Waals surface area contributed by atoms with E-state index in [9.17, 15) is 0 Å². The lowest BCUT2D eigenvalue weighted by Gasteiger charge is -2.15. The quantitative estimate of drug-likeness (QED) is 0.672. The first-order chi connectivity index (χ1) is 8.76. The van der Waals surface area contributed by atoms with Crippen LogP contribution < -0.4 is 25.3 Å². The highest BCUT2D eigenvalue weighted by Gasteiger charge is 2.12. The van der Waals surface area contributed by atoms with E-state index in [4.69, 9.17) is 19.9 Å². The molecule has 1 aromatic rings. The highest BCUT2D eigenvalue weighted by Crippen LogP contribution is 2.34. The maximum absolute atomic E-state index is 5.43. The summed E-state index contributed by atoms with van der Waals surface area (Å²) in [5.41, 5.74) is 6.46. The van der Waals surface area contributed by atoms with Gasteiger partial charge in [-0.2, -0.15) is 0 Å². The van der Waals surface area contributed by atoms with E-state index < -0.39 is 0 Å². The molecule has 0 saturated carbocycles. The molecule has 0 atom stereocenters. The van der Waals surface area contributed by atoms with Crippen LogP contribution in [-0.2, 0) is 6.42 Å². The van der Waals surface area contributed by atoms with Crippen LogP contribution in [0, 0.1) is 0 Å². The molecule has 0 unspecified atom stereocenters. The number of rotatable bonds is 8. The predicted octanol–water partition coefficient (Wildman–Crippen LogP) is 0.803. The molecule has 0 bridgehead atoms. The summed E-state index contributed by atoms with van der Waals surface area (Å²) in [6, 6.07) is 3.72. The number of nitrogens with one attached hydrogen (secondary N) is 1. The minimum Gasteiger partial charge on any atom is -0.496 e. The Balaban J connectivity index is 2.85. The zero-order valence-electron chi connectivity index (χ0n) is 11.3. The Morgan fingerprint density at radius 1 is 1.00 bits per heavy atom. The van der Waals surface area contributed by atoms with Gasteiger partial charge in [-0.05, 0) is 13.0 Å². The predicted molar refractivity (Wildman–Crippen MR) is 71.7 cm³/mol. The maximum Gasteiger partial charge on any atom is 0.129 e. The van der Waals surface area contributed by atoms with E-state index in [1.54, 1.807) is 21.3 Å². The summed E-state index contributed by atoms with van der Waals surface area (Å²) >= 11 is 0. The minimum absolute atomic E-state index is 0.636. The SMILES string of the molecule is COc1cc(OC)c(CCNCCN)c(OC)c1. The molecule has 0 amide bonds. The van der Waals surface area contributed by atoms with Crippen LogP contribution in [0.5, 0.6) is 17.2 Å². The van der Waals surface area contributed by atoms with E-state index in [0.717, 1.165) is 42.3 Å². The third-order valence-electron chi connectivity index (χ3n) is 2.69. The molecule has 1 rings (SSSR count). The molecule has 0 aliphatic heterocycles. The first-order valence-electron chi connectivity index (χ1n) is 5.96. The van der Waals surface area contributed by atoms with Gasteiger partial charge >= 0.3 is 0 Å². The van der Waals surface area contributed by atoms with Crippen LogP contribution in [0.25, 0.3) is 0 Å². The van der Waals surface area contributed by atoms with Crippen molar-refractivity contribution in [1.29, 1.82) is 0 Å². The second-order valence-electron chi connectivity index (χ2n) is 3.80. The molecule has 0 fully saturated rings. The smallest absolute Gasteiger partial charge is 0.129 e. The van der Waals surface area contributed by atoms with Gasteiger partial charge < -0.3 is 25.3 Å². The van der Waals surface area contributed by atoms with Crippen molar-refractivity contribution < 1.29 is 14.2 Å². The Hall–Kier alpha value is -1.46. The van der Waals surface area contributed by atoms with Gasteiger partial charge in [-0.3, -0.25) is 0 Å². The van der Waals surface area contributed by atoms with E-state index >= 15 is 0 Å². The van der Waals surface area contributed by atoms with Crippen LogP contribution in [0.1, 0.15) is 5.56 Å². The summed E-state index contributed by atoms with van der Waals surface area (Å²) in [5.74, 6) is 2.28. The van der Waals surface area contributed by atoms with Gasteiger partial charge in [0.05, 0.1) is 21.3 Å². The van der Waals surface area contributed by atoms with Crippen LogP contribution in [0.3, 0.4) is 0 Å². The molecule has 0 heterocycles. The second-order valence-corrected chi connectivity index (χ2v) is 3.80. The lowest BCUT2D eigenvalue weighted by Crippen LogP contribution is -2.24. The zero-order chi connectivity index (χ0) is 13.4. The van der Waals surface area contributed by atoms with Crippen molar-refractivity contribution >= 4 is 0 Å². The zero-order valence-corrected chi connectivity index (χ0v) is 11.3. The summed E-state index contributed by atoms with van der Waals surface area (Å²) in [5, 5.41) is 3.25. The van der Waals surface area contributed by atoms with Gasteiger partial charge in [-0.15, -0.1) is 0 Å². The lowest BCUT2D eigenvalue weighted by molar-refractivity contribution is 0.368. The standard InChI is InChI=1S/C13H22N2O3/c1-16-10-8-12(17-2)11(13(9-10)18-3)4-6-15-7-5-14/h8-9,15H,4-7,14H2,1-3H3. The Morgan fingerprint density at radius 3 is 2.06 bits per heavy atom. The maximum atomic E-state index is 5.43.